The number of hydrogen-bond acceptors (Lipinski definition) is 5. The summed E-state index contributed by atoms with van der Waals surface area (Å²) in [5.41, 5.74) is 2.96. The molecule has 0 bridgehead atoms. The number of rotatable bonds is 6. The number of pyridine rings is 1. The van der Waals surface area contributed by atoms with Gasteiger partial charge in [-0.3, -0.25) is 9.78 Å². The maximum atomic E-state index is 11.9. The molecule has 6 heteroatoms. The van der Waals surface area contributed by atoms with E-state index >= 15 is 0 Å². The number of sulfone groups is 1. The first-order chi connectivity index (χ1) is 10.8. The molecule has 0 spiro atoms. The minimum absolute atomic E-state index is 0.101. The number of aromatic nitrogens is 1. The number of carbonyl (C=O) groups is 1. The predicted molar refractivity (Wildman–Crippen MR) is 90.7 cm³/mol. The van der Waals surface area contributed by atoms with E-state index in [2.05, 4.69) is 10.3 Å². The van der Waals surface area contributed by atoms with Crippen molar-refractivity contribution in [1.29, 1.82) is 0 Å². The topological polar surface area (TPSA) is 76.1 Å². The minimum atomic E-state index is -3.36. The van der Waals surface area contributed by atoms with E-state index in [0.717, 1.165) is 17.5 Å². The van der Waals surface area contributed by atoms with Crippen LogP contribution in [0.1, 0.15) is 28.5 Å². The van der Waals surface area contributed by atoms with Crippen molar-refractivity contribution in [3.8, 4) is 0 Å². The zero-order valence-electron chi connectivity index (χ0n) is 13.5. The summed E-state index contributed by atoms with van der Waals surface area (Å²) in [5.74, 6) is -0.101. The average molecular weight is 332 g/mol. The molecular formula is C17H20N2O3S. The van der Waals surface area contributed by atoms with Crippen LogP contribution in [-0.4, -0.2) is 32.0 Å². The van der Waals surface area contributed by atoms with Crippen LogP contribution in [0.25, 0.3) is 0 Å². The zero-order valence-corrected chi connectivity index (χ0v) is 14.3. The van der Waals surface area contributed by atoms with Crippen molar-refractivity contribution in [2.45, 2.75) is 25.2 Å². The van der Waals surface area contributed by atoms with E-state index in [1.165, 1.54) is 19.1 Å². The van der Waals surface area contributed by atoms with Gasteiger partial charge in [-0.15, -0.1) is 0 Å². The smallest absolute Gasteiger partial charge is 0.177 e. The van der Waals surface area contributed by atoms with E-state index in [9.17, 15) is 13.2 Å². The molecule has 5 nitrogen and oxygen atoms in total. The van der Waals surface area contributed by atoms with Crippen LogP contribution in [0, 0.1) is 6.92 Å². The first-order valence-corrected chi connectivity index (χ1v) is 9.17. The molecule has 1 heterocycles. The lowest BCUT2D eigenvalue weighted by atomic mass is 10.1. The van der Waals surface area contributed by atoms with Crippen molar-refractivity contribution >= 4 is 21.3 Å². The molecule has 0 atom stereocenters. The molecule has 0 saturated carbocycles. The fraction of sp³-hybridized carbons (Fsp3) is 0.294. The highest BCUT2D eigenvalue weighted by Gasteiger charge is 2.14. The van der Waals surface area contributed by atoms with Crippen LogP contribution in [0.3, 0.4) is 0 Å². The van der Waals surface area contributed by atoms with Crippen LogP contribution in [0.15, 0.2) is 41.4 Å². The average Bonchev–Trinajstić information content (AvgIpc) is 2.48. The third-order valence-corrected chi connectivity index (χ3v) is 4.64. The number of nitrogens with one attached hydrogen (secondary N) is 1. The van der Waals surface area contributed by atoms with Gasteiger partial charge in [0.25, 0.3) is 0 Å². The standard InChI is InChI=1S/C17H20N2O3S/c1-12-4-5-14(11-19-12)8-9-18-16-10-15(13(2)20)6-7-17(16)23(3,21)22/h4-7,10-11,18H,8-9H2,1-3H3. The van der Waals surface area contributed by atoms with Crippen LogP contribution in [-0.2, 0) is 16.3 Å². The number of carbonyl (C=O) groups excluding carboxylic acids is 1. The SMILES string of the molecule is CC(=O)c1ccc(S(C)(=O)=O)c(NCCc2ccc(C)nc2)c1. The molecule has 0 unspecified atom stereocenters. The Kier molecular flexibility index (Phi) is 5.15. The fourth-order valence-electron chi connectivity index (χ4n) is 2.20. The molecule has 0 saturated heterocycles. The zero-order chi connectivity index (χ0) is 17.0. The van der Waals surface area contributed by atoms with Gasteiger partial charge in [-0.2, -0.15) is 0 Å². The Bertz CT molecular complexity index is 812. The summed E-state index contributed by atoms with van der Waals surface area (Å²) >= 11 is 0. The summed E-state index contributed by atoms with van der Waals surface area (Å²) in [5, 5.41) is 3.12. The largest absolute Gasteiger partial charge is 0.384 e. The molecule has 1 N–H and O–H groups in total. The van der Waals surface area contributed by atoms with Crippen LogP contribution >= 0.6 is 0 Å². The number of benzene rings is 1. The Morgan fingerprint density at radius 3 is 2.52 bits per heavy atom. The van der Waals surface area contributed by atoms with Gasteiger partial charge in [0, 0.05) is 30.3 Å². The van der Waals surface area contributed by atoms with E-state index in [4.69, 9.17) is 0 Å². The van der Waals surface area contributed by atoms with Gasteiger partial charge in [-0.05, 0) is 50.1 Å². The molecule has 0 radical (unpaired) electrons. The number of anilines is 1. The Morgan fingerprint density at radius 1 is 1.22 bits per heavy atom. The number of hydrogen-bond donors (Lipinski definition) is 1. The second kappa shape index (κ2) is 6.91. The number of aryl methyl sites for hydroxylation is 1. The van der Waals surface area contributed by atoms with Crippen LogP contribution in [0.5, 0.6) is 0 Å². The quantitative estimate of drug-likeness (QED) is 0.823. The Morgan fingerprint density at radius 2 is 1.96 bits per heavy atom. The molecular weight excluding hydrogens is 312 g/mol. The molecule has 2 rings (SSSR count). The molecule has 23 heavy (non-hydrogen) atoms. The monoisotopic (exact) mass is 332 g/mol. The summed E-state index contributed by atoms with van der Waals surface area (Å²) in [6, 6.07) is 8.53. The second-order valence-electron chi connectivity index (χ2n) is 5.52. The predicted octanol–water partition coefficient (Wildman–Crippen LogP) is 2.65. The molecule has 0 aliphatic rings. The van der Waals surface area contributed by atoms with E-state index in [1.54, 1.807) is 12.3 Å². The number of ketones is 1. The molecule has 122 valence electrons. The van der Waals surface area contributed by atoms with Gasteiger partial charge in [0.15, 0.2) is 15.6 Å². The summed E-state index contributed by atoms with van der Waals surface area (Å²) in [4.78, 5) is 15.9. The van der Waals surface area contributed by atoms with Crippen molar-refractivity contribution in [2.75, 3.05) is 18.1 Å². The molecule has 0 aliphatic heterocycles. The van der Waals surface area contributed by atoms with E-state index in [-0.39, 0.29) is 10.7 Å². The van der Waals surface area contributed by atoms with Crippen LogP contribution in [0.4, 0.5) is 5.69 Å². The Labute approximate surface area is 136 Å². The highest BCUT2D eigenvalue weighted by atomic mass is 32.2. The molecule has 1 aromatic carbocycles. The van der Waals surface area contributed by atoms with Gasteiger partial charge in [-0.25, -0.2) is 8.42 Å². The van der Waals surface area contributed by atoms with Crippen molar-refractivity contribution in [2.24, 2.45) is 0 Å². The third-order valence-electron chi connectivity index (χ3n) is 3.49. The molecule has 0 amide bonds. The molecule has 0 aliphatic carbocycles. The second-order valence-corrected chi connectivity index (χ2v) is 7.51. The van der Waals surface area contributed by atoms with Gasteiger partial charge >= 0.3 is 0 Å². The van der Waals surface area contributed by atoms with Gasteiger partial charge in [0.2, 0.25) is 0 Å². The summed E-state index contributed by atoms with van der Waals surface area (Å²) in [6.07, 6.45) is 3.67. The molecule has 0 fully saturated rings. The lowest BCUT2D eigenvalue weighted by molar-refractivity contribution is 0.101. The molecule has 2 aromatic rings. The maximum absolute atomic E-state index is 11.9. The van der Waals surface area contributed by atoms with Gasteiger partial charge < -0.3 is 5.32 Å². The normalized spacial score (nSPS) is 11.3. The van der Waals surface area contributed by atoms with Gasteiger partial charge in [-0.1, -0.05) is 6.07 Å². The van der Waals surface area contributed by atoms with Gasteiger partial charge in [0.1, 0.15) is 0 Å². The van der Waals surface area contributed by atoms with Crippen molar-refractivity contribution in [1.82, 2.24) is 4.98 Å². The van der Waals surface area contributed by atoms with E-state index < -0.39 is 9.84 Å². The lowest BCUT2D eigenvalue weighted by Gasteiger charge is -2.12. The Hall–Kier alpha value is -2.21. The number of Topliss-reactive ketones (excluding diaryl/α,β-unsaturated/α-hetero) is 1. The minimum Gasteiger partial charge on any atom is -0.384 e. The highest BCUT2D eigenvalue weighted by Crippen LogP contribution is 2.23. The highest BCUT2D eigenvalue weighted by molar-refractivity contribution is 7.90. The van der Waals surface area contributed by atoms with Crippen molar-refractivity contribution in [3.63, 3.8) is 0 Å². The van der Waals surface area contributed by atoms with Crippen molar-refractivity contribution < 1.29 is 13.2 Å². The summed E-state index contributed by atoms with van der Waals surface area (Å²) in [7, 11) is -3.36. The lowest BCUT2D eigenvalue weighted by Crippen LogP contribution is -2.10. The van der Waals surface area contributed by atoms with E-state index in [0.29, 0.717) is 24.2 Å². The summed E-state index contributed by atoms with van der Waals surface area (Å²) < 4.78 is 23.7. The number of nitrogens with zero attached hydrogens (tertiary/aromatic N) is 1. The van der Waals surface area contributed by atoms with Crippen molar-refractivity contribution in [3.05, 3.63) is 53.3 Å². The first kappa shape index (κ1) is 17.1. The molecule has 1 aromatic heterocycles. The Balaban J connectivity index is 2.18. The van der Waals surface area contributed by atoms with Crippen LogP contribution < -0.4 is 5.32 Å². The third kappa shape index (κ3) is 4.63. The van der Waals surface area contributed by atoms with E-state index in [1.807, 2.05) is 19.1 Å². The summed E-state index contributed by atoms with van der Waals surface area (Å²) in [6.45, 7) is 3.93. The maximum Gasteiger partial charge on any atom is 0.177 e. The van der Waals surface area contributed by atoms with Crippen LogP contribution in [0.2, 0.25) is 0 Å². The van der Waals surface area contributed by atoms with Gasteiger partial charge in [0.05, 0.1) is 10.6 Å². The fourth-order valence-corrected chi connectivity index (χ4v) is 3.04. The first-order valence-electron chi connectivity index (χ1n) is 7.28.